The lowest BCUT2D eigenvalue weighted by Gasteiger charge is -2.33. The summed E-state index contributed by atoms with van der Waals surface area (Å²) < 4.78 is 5.77. The van der Waals surface area contributed by atoms with Crippen molar-refractivity contribution in [3.05, 3.63) is 53.1 Å². The number of anilines is 1. The van der Waals surface area contributed by atoms with Crippen molar-refractivity contribution in [3.8, 4) is 11.1 Å². The van der Waals surface area contributed by atoms with Crippen LogP contribution in [0.15, 0.2) is 42.5 Å². The van der Waals surface area contributed by atoms with Crippen LogP contribution in [0.1, 0.15) is 19.4 Å². The van der Waals surface area contributed by atoms with Crippen LogP contribution in [0, 0.1) is 0 Å². The van der Waals surface area contributed by atoms with E-state index in [1.165, 1.54) is 5.56 Å². The molecule has 2 aromatic carbocycles. The number of nitrogens with one attached hydrogen (secondary N) is 1. The summed E-state index contributed by atoms with van der Waals surface area (Å²) in [4.78, 5) is 0. The average Bonchev–Trinajstić information content (AvgIpc) is 2.38. The third kappa shape index (κ3) is 2.34. The minimum absolute atomic E-state index is 0.269. The van der Waals surface area contributed by atoms with E-state index in [1.54, 1.807) is 0 Å². The Morgan fingerprint density at radius 3 is 2.68 bits per heavy atom. The van der Waals surface area contributed by atoms with Crippen molar-refractivity contribution >= 4 is 17.3 Å². The Balaban J connectivity index is 2.10. The molecule has 0 unspecified atom stereocenters. The van der Waals surface area contributed by atoms with Gasteiger partial charge in [0.25, 0.3) is 0 Å². The van der Waals surface area contributed by atoms with Gasteiger partial charge in [-0.15, -0.1) is 0 Å². The Hall–Kier alpha value is -1.51. The Kier molecular flexibility index (Phi) is 3.00. The first-order chi connectivity index (χ1) is 9.06. The van der Waals surface area contributed by atoms with E-state index in [0.717, 1.165) is 21.8 Å². The zero-order valence-electron chi connectivity index (χ0n) is 11.0. The minimum Gasteiger partial charge on any atom is -0.362 e. The van der Waals surface area contributed by atoms with Crippen LogP contribution in [0.3, 0.4) is 0 Å². The van der Waals surface area contributed by atoms with Crippen LogP contribution in [0.5, 0.6) is 0 Å². The molecule has 0 saturated heterocycles. The van der Waals surface area contributed by atoms with Gasteiger partial charge < -0.3 is 10.1 Å². The van der Waals surface area contributed by atoms with Crippen molar-refractivity contribution < 1.29 is 4.74 Å². The summed E-state index contributed by atoms with van der Waals surface area (Å²) in [6, 6.07) is 14.3. The summed E-state index contributed by atoms with van der Waals surface area (Å²) in [6.07, 6.45) is 0. The van der Waals surface area contributed by atoms with Gasteiger partial charge in [-0.3, -0.25) is 0 Å². The molecule has 1 aliphatic rings. The van der Waals surface area contributed by atoms with E-state index in [4.69, 9.17) is 16.3 Å². The van der Waals surface area contributed by atoms with Crippen LogP contribution >= 0.6 is 11.6 Å². The highest BCUT2D eigenvalue weighted by atomic mass is 35.5. The third-order valence-electron chi connectivity index (χ3n) is 3.52. The van der Waals surface area contributed by atoms with Crippen LogP contribution in [-0.2, 0) is 10.3 Å². The van der Waals surface area contributed by atoms with E-state index < -0.39 is 0 Å². The number of benzene rings is 2. The molecule has 0 aromatic heterocycles. The fourth-order valence-electron chi connectivity index (χ4n) is 2.42. The zero-order valence-corrected chi connectivity index (χ0v) is 11.8. The van der Waals surface area contributed by atoms with Gasteiger partial charge in [-0.05, 0) is 49.2 Å². The van der Waals surface area contributed by atoms with E-state index in [1.807, 2.05) is 18.2 Å². The minimum atomic E-state index is -0.269. The van der Waals surface area contributed by atoms with Crippen LogP contribution < -0.4 is 5.32 Å². The molecule has 0 fully saturated rings. The van der Waals surface area contributed by atoms with Crippen LogP contribution in [0.2, 0.25) is 5.02 Å². The van der Waals surface area contributed by atoms with Gasteiger partial charge in [-0.25, -0.2) is 0 Å². The summed E-state index contributed by atoms with van der Waals surface area (Å²) >= 11 is 6.06. The molecule has 1 heterocycles. The van der Waals surface area contributed by atoms with Crippen LogP contribution in [0.25, 0.3) is 11.1 Å². The number of hydrogen-bond acceptors (Lipinski definition) is 2. The topological polar surface area (TPSA) is 21.3 Å². The monoisotopic (exact) mass is 273 g/mol. The van der Waals surface area contributed by atoms with Crippen molar-refractivity contribution in [2.45, 2.75) is 19.4 Å². The maximum absolute atomic E-state index is 6.06. The highest BCUT2D eigenvalue weighted by Crippen LogP contribution is 2.37. The summed E-state index contributed by atoms with van der Waals surface area (Å²) in [5, 5.41) is 4.01. The Morgan fingerprint density at radius 1 is 1.11 bits per heavy atom. The van der Waals surface area contributed by atoms with E-state index in [0.29, 0.717) is 6.73 Å². The summed E-state index contributed by atoms with van der Waals surface area (Å²) in [6.45, 7) is 4.74. The maximum Gasteiger partial charge on any atom is 0.117 e. The van der Waals surface area contributed by atoms with Crippen molar-refractivity contribution in [1.82, 2.24) is 0 Å². The molecule has 0 amide bonds. The van der Waals surface area contributed by atoms with E-state index in [9.17, 15) is 0 Å². The lowest BCUT2D eigenvalue weighted by atomic mass is 9.91. The first-order valence-corrected chi connectivity index (χ1v) is 6.72. The van der Waals surface area contributed by atoms with Gasteiger partial charge in [-0.2, -0.15) is 0 Å². The molecular formula is C16H16ClNO. The predicted octanol–water partition coefficient (Wildman–Crippen LogP) is 4.64. The Bertz CT molecular complexity index is 622. The number of fused-ring (bicyclic) bond motifs is 1. The van der Waals surface area contributed by atoms with E-state index in [2.05, 4.69) is 43.4 Å². The molecule has 0 radical (unpaired) electrons. The SMILES string of the molecule is CC1(C)OCNc2ccc(-c3cccc(Cl)c3)cc21. The van der Waals surface area contributed by atoms with Crippen LogP contribution in [-0.4, -0.2) is 6.73 Å². The predicted molar refractivity (Wildman–Crippen MR) is 79.5 cm³/mol. The van der Waals surface area contributed by atoms with E-state index >= 15 is 0 Å². The van der Waals surface area contributed by atoms with Gasteiger partial charge in [0, 0.05) is 16.3 Å². The first-order valence-electron chi connectivity index (χ1n) is 6.34. The molecule has 0 aliphatic carbocycles. The van der Waals surface area contributed by atoms with Gasteiger partial charge >= 0.3 is 0 Å². The maximum atomic E-state index is 6.06. The molecule has 3 heteroatoms. The Morgan fingerprint density at radius 2 is 1.89 bits per heavy atom. The van der Waals surface area contributed by atoms with Gasteiger partial charge in [-0.1, -0.05) is 29.8 Å². The number of rotatable bonds is 1. The highest BCUT2D eigenvalue weighted by Gasteiger charge is 2.28. The molecule has 2 aromatic rings. The molecule has 3 rings (SSSR count). The quantitative estimate of drug-likeness (QED) is 0.817. The fraction of sp³-hybridized carbons (Fsp3) is 0.250. The highest BCUT2D eigenvalue weighted by molar-refractivity contribution is 6.30. The summed E-state index contributed by atoms with van der Waals surface area (Å²) in [5.74, 6) is 0. The van der Waals surface area contributed by atoms with Crippen molar-refractivity contribution in [3.63, 3.8) is 0 Å². The van der Waals surface area contributed by atoms with Crippen molar-refractivity contribution in [2.75, 3.05) is 12.0 Å². The van der Waals surface area contributed by atoms with Gasteiger partial charge in [0.1, 0.15) is 6.73 Å². The van der Waals surface area contributed by atoms with Crippen molar-refractivity contribution in [2.24, 2.45) is 0 Å². The number of hydrogen-bond donors (Lipinski definition) is 1. The second kappa shape index (κ2) is 4.55. The second-order valence-corrected chi connectivity index (χ2v) is 5.68. The molecule has 19 heavy (non-hydrogen) atoms. The van der Waals surface area contributed by atoms with Crippen molar-refractivity contribution in [1.29, 1.82) is 0 Å². The van der Waals surface area contributed by atoms with Gasteiger partial charge in [0.15, 0.2) is 0 Å². The summed E-state index contributed by atoms with van der Waals surface area (Å²) in [5.41, 5.74) is 4.33. The normalized spacial score (nSPS) is 16.6. The second-order valence-electron chi connectivity index (χ2n) is 5.25. The van der Waals surface area contributed by atoms with Gasteiger partial charge in [0.2, 0.25) is 0 Å². The summed E-state index contributed by atoms with van der Waals surface area (Å²) in [7, 11) is 0. The fourth-order valence-corrected chi connectivity index (χ4v) is 2.61. The number of ether oxygens (including phenoxy) is 1. The molecular weight excluding hydrogens is 258 g/mol. The lowest BCUT2D eigenvalue weighted by Crippen LogP contribution is -2.31. The zero-order chi connectivity index (χ0) is 13.5. The molecule has 0 atom stereocenters. The molecule has 0 spiro atoms. The third-order valence-corrected chi connectivity index (χ3v) is 3.76. The van der Waals surface area contributed by atoms with Gasteiger partial charge in [0.05, 0.1) is 5.60 Å². The lowest BCUT2D eigenvalue weighted by molar-refractivity contribution is -0.0178. The average molecular weight is 274 g/mol. The van der Waals surface area contributed by atoms with E-state index in [-0.39, 0.29) is 5.60 Å². The van der Waals surface area contributed by atoms with Crippen LogP contribution in [0.4, 0.5) is 5.69 Å². The Labute approximate surface area is 118 Å². The first kappa shape index (κ1) is 12.5. The smallest absolute Gasteiger partial charge is 0.117 e. The molecule has 1 N–H and O–H groups in total. The largest absolute Gasteiger partial charge is 0.362 e. The molecule has 1 aliphatic heterocycles. The molecule has 0 bridgehead atoms. The molecule has 2 nitrogen and oxygen atoms in total. The standard InChI is InChI=1S/C16H16ClNO/c1-16(2)14-9-12(6-7-15(14)18-10-19-16)11-4-3-5-13(17)8-11/h3-9,18H,10H2,1-2H3. The molecule has 0 saturated carbocycles. The number of halogens is 1. The molecule has 98 valence electrons.